The number of carbonyl (C=O) groups is 1. The zero-order valence-corrected chi connectivity index (χ0v) is 11.4. The zero-order valence-electron chi connectivity index (χ0n) is 11.4. The normalized spacial score (nSPS) is 10.2. The third-order valence-electron chi connectivity index (χ3n) is 3.04. The van der Waals surface area contributed by atoms with E-state index in [-0.39, 0.29) is 5.91 Å². The third kappa shape index (κ3) is 4.76. The summed E-state index contributed by atoms with van der Waals surface area (Å²) in [4.78, 5) is 10.6. The summed E-state index contributed by atoms with van der Waals surface area (Å²) in [7, 11) is 0. The number of benzene rings is 2. The highest BCUT2D eigenvalue weighted by Crippen LogP contribution is 2.21. The average Bonchev–Trinajstić information content (AvgIpc) is 2.46. The first-order chi connectivity index (χ1) is 9.74. The molecule has 0 aliphatic carbocycles. The Labute approximate surface area is 119 Å². The standard InChI is InChI=1S/C17H19NO2/c18-17(19)9-5-4-6-14-10-12-16(13-11-14)20-15-7-2-1-3-8-15/h1-3,7-8,10-13H,4-6,9H2,(H2,18,19). The number of carbonyl (C=O) groups excluding carboxylic acids is 1. The molecular weight excluding hydrogens is 250 g/mol. The van der Waals surface area contributed by atoms with Crippen LogP contribution in [0.5, 0.6) is 11.5 Å². The molecule has 0 saturated carbocycles. The van der Waals surface area contributed by atoms with Gasteiger partial charge in [-0.2, -0.15) is 0 Å². The van der Waals surface area contributed by atoms with E-state index in [4.69, 9.17) is 10.5 Å². The Morgan fingerprint density at radius 2 is 1.55 bits per heavy atom. The van der Waals surface area contributed by atoms with E-state index in [1.807, 2.05) is 42.5 Å². The predicted octanol–water partition coefficient (Wildman–Crippen LogP) is 3.68. The Balaban J connectivity index is 1.82. The molecule has 0 fully saturated rings. The highest BCUT2D eigenvalue weighted by atomic mass is 16.5. The van der Waals surface area contributed by atoms with Crippen molar-refractivity contribution in [1.82, 2.24) is 0 Å². The molecule has 0 radical (unpaired) electrons. The summed E-state index contributed by atoms with van der Waals surface area (Å²) in [6, 6.07) is 17.8. The molecule has 0 atom stereocenters. The number of hydrogen-bond acceptors (Lipinski definition) is 2. The second-order valence-electron chi connectivity index (χ2n) is 4.73. The van der Waals surface area contributed by atoms with E-state index in [0.717, 1.165) is 30.8 Å². The summed E-state index contributed by atoms with van der Waals surface area (Å²) in [5.41, 5.74) is 6.35. The molecule has 2 rings (SSSR count). The summed E-state index contributed by atoms with van der Waals surface area (Å²) < 4.78 is 5.73. The highest BCUT2D eigenvalue weighted by Gasteiger charge is 1.99. The Kier molecular flexibility index (Phi) is 5.18. The van der Waals surface area contributed by atoms with Gasteiger partial charge < -0.3 is 10.5 Å². The first-order valence-corrected chi connectivity index (χ1v) is 6.84. The SMILES string of the molecule is NC(=O)CCCCc1ccc(Oc2ccccc2)cc1. The van der Waals surface area contributed by atoms with E-state index >= 15 is 0 Å². The van der Waals surface area contributed by atoms with Gasteiger partial charge in [-0.25, -0.2) is 0 Å². The highest BCUT2D eigenvalue weighted by molar-refractivity contribution is 5.73. The summed E-state index contributed by atoms with van der Waals surface area (Å²) in [5, 5.41) is 0. The summed E-state index contributed by atoms with van der Waals surface area (Å²) in [6.07, 6.45) is 3.24. The summed E-state index contributed by atoms with van der Waals surface area (Å²) in [6.45, 7) is 0. The molecule has 0 heterocycles. The molecule has 0 aliphatic heterocycles. The lowest BCUT2D eigenvalue weighted by molar-refractivity contribution is -0.118. The van der Waals surface area contributed by atoms with Crippen LogP contribution in [0.3, 0.4) is 0 Å². The summed E-state index contributed by atoms with van der Waals surface area (Å²) in [5.74, 6) is 1.44. The van der Waals surface area contributed by atoms with Gasteiger partial charge in [-0.15, -0.1) is 0 Å². The van der Waals surface area contributed by atoms with Crippen molar-refractivity contribution in [2.24, 2.45) is 5.73 Å². The molecule has 2 aromatic carbocycles. The molecule has 104 valence electrons. The van der Waals surface area contributed by atoms with Gasteiger partial charge in [0.15, 0.2) is 0 Å². The molecule has 3 heteroatoms. The van der Waals surface area contributed by atoms with Crippen LogP contribution in [-0.4, -0.2) is 5.91 Å². The smallest absolute Gasteiger partial charge is 0.217 e. The van der Waals surface area contributed by atoms with Gasteiger partial charge in [0.2, 0.25) is 5.91 Å². The van der Waals surface area contributed by atoms with E-state index in [1.54, 1.807) is 0 Å². The Morgan fingerprint density at radius 1 is 0.900 bits per heavy atom. The van der Waals surface area contributed by atoms with Gasteiger partial charge in [0.1, 0.15) is 11.5 Å². The minimum atomic E-state index is -0.225. The van der Waals surface area contributed by atoms with Gasteiger partial charge in [-0.1, -0.05) is 30.3 Å². The number of nitrogens with two attached hydrogens (primary N) is 1. The van der Waals surface area contributed by atoms with E-state index < -0.39 is 0 Å². The van der Waals surface area contributed by atoms with Crippen molar-refractivity contribution in [3.8, 4) is 11.5 Å². The first kappa shape index (κ1) is 14.1. The quantitative estimate of drug-likeness (QED) is 0.779. The number of hydrogen-bond donors (Lipinski definition) is 1. The molecule has 1 amide bonds. The second kappa shape index (κ2) is 7.34. The number of unbranched alkanes of at least 4 members (excludes halogenated alkanes) is 1. The maximum atomic E-state index is 10.6. The van der Waals surface area contributed by atoms with Gasteiger partial charge >= 0.3 is 0 Å². The fourth-order valence-electron chi connectivity index (χ4n) is 1.98. The third-order valence-corrected chi connectivity index (χ3v) is 3.04. The van der Waals surface area contributed by atoms with Crippen molar-refractivity contribution in [1.29, 1.82) is 0 Å². The van der Waals surface area contributed by atoms with Crippen LogP contribution in [0.2, 0.25) is 0 Å². The molecule has 0 bridgehead atoms. The van der Waals surface area contributed by atoms with Gasteiger partial charge in [0.25, 0.3) is 0 Å². The zero-order chi connectivity index (χ0) is 14.2. The van der Waals surface area contributed by atoms with Crippen LogP contribution in [0.1, 0.15) is 24.8 Å². The number of aryl methyl sites for hydroxylation is 1. The van der Waals surface area contributed by atoms with Gasteiger partial charge in [-0.05, 0) is 49.1 Å². The lowest BCUT2D eigenvalue weighted by atomic mass is 10.1. The second-order valence-corrected chi connectivity index (χ2v) is 4.73. The first-order valence-electron chi connectivity index (χ1n) is 6.84. The maximum absolute atomic E-state index is 10.6. The lowest BCUT2D eigenvalue weighted by Gasteiger charge is -2.06. The number of primary amides is 1. The monoisotopic (exact) mass is 269 g/mol. The molecule has 0 aliphatic rings. The fourth-order valence-corrected chi connectivity index (χ4v) is 1.98. The number of amides is 1. The number of rotatable bonds is 7. The molecule has 0 aromatic heterocycles. The van der Waals surface area contributed by atoms with Crippen molar-refractivity contribution in [3.05, 3.63) is 60.2 Å². The summed E-state index contributed by atoms with van der Waals surface area (Å²) >= 11 is 0. The molecule has 0 spiro atoms. The Morgan fingerprint density at radius 3 is 2.20 bits per heavy atom. The van der Waals surface area contributed by atoms with Crippen LogP contribution in [-0.2, 0) is 11.2 Å². The Bertz CT molecular complexity index is 535. The van der Waals surface area contributed by atoms with E-state index in [0.29, 0.717) is 6.42 Å². The maximum Gasteiger partial charge on any atom is 0.217 e. The minimum absolute atomic E-state index is 0.225. The molecule has 20 heavy (non-hydrogen) atoms. The van der Waals surface area contributed by atoms with Crippen molar-refractivity contribution in [3.63, 3.8) is 0 Å². The molecule has 0 unspecified atom stereocenters. The van der Waals surface area contributed by atoms with Crippen molar-refractivity contribution in [2.45, 2.75) is 25.7 Å². The van der Waals surface area contributed by atoms with Gasteiger partial charge in [-0.3, -0.25) is 4.79 Å². The Hall–Kier alpha value is -2.29. The van der Waals surface area contributed by atoms with E-state index in [1.165, 1.54) is 5.56 Å². The van der Waals surface area contributed by atoms with E-state index in [2.05, 4.69) is 12.1 Å². The van der Waals surface area contributed by atoms with Crippen LogP contribution in [0, 0.1) is 0 Å². The number of para-hydroxylation sites is 1. The van der Waals surface area contributed by atoms with Crippen LogP contribution in [0.4, 0.5) is 0 Å². The predicted molar refractivity (Wildman–Crippen MR) is 79.7 cm³/mol. The average molecular weight is 269 g/mol. The molecule has 2 aromatic rings. The molecule has 0 saturated heterocycles. The van der Waals surface area contributed by atoms with Gasteiger partial charge in [0, 0.05) is 6.42 Å². The van der Waals surface area contributed by atoms with Crippen molar-refractivity contribution < 1.29 is 9.53 Å². The largest absolute Gasteiger partial charge is 0.457 e. The van der Waals surface area contributed by atoms with Crippen LogP contribution < -0.4 is 10.5 Å². The van der Waals surface area contributed by atoms with Crippen LogP contribution in [0.25, 0.3) is 0 Å². The lowest BCUT2D eigenvalue weighted by Crippen LogP contribution is -2.09. The van der Waals surface area contributed by atoms with Crippen molar-refractivity contribution >= 4 is 5.91 Å². The molecule has 3 nitrogen and oxygen atoms in total. The van der Waals surface area contributed by atoms with Crippen LogP contribution >= 0.6 is 0 Å². The molecule has 2 N–H and O–H groups in total. The number of ether oxygens (including phenoxy) is 1. The molecular formula is C17H19NO2. The van der Waals surface area contributed by atoms with Crippen molar-refractivity contribution in [2.75, 3.05) is 0 Å². The minimum Gasteiger partial charge on any atom is -0.457 e. The topological polar surface area (TPSA) is 52.3 Å². The van der Waals surface area contributed by atoms with Crippen LogP contribution in [0.15, 0.2) is 54.6 Å². The van der Waals surface area contributed by atoms with E-state index in [9.17, 15) is 4.79 Å². The van der Waals surface area contributed by atoms with Gasteiger partial charge in [0.05, 0.1) is 0 Å². The fraction of sp³-hybridized carbons (Fsp3) is 0.235.